The highest BCUT2D eigenvalue weighted by Crippen LogP contribution is 2.65. The molecule has 21 heavy (non-hydrogen) atoms. The van der Waals surface area contributed by atoms with Crippen molar-refractivity contribution in [2.24, 2.45) is 29.6 Å². The van der Waals surface area contributed by atoms with E-state index in [9.17, 15) is 4.79 Å². The molecule has 4 aliphatic rings. The summed E-state index contributed by atoms with van der Waals surface area (Å²) in [6, 6.07) is 8.86. The van der Waals surface area contributed by atoms with Crippen molar-refractivity contribution in [2.75, 3.05) is 11.9 Å². The SMILES string of the molecule is O=C(NC1C2C3CCC(C3)C12)C1CNc2ccccc2C1. The highest BCUT2D eigenvalue weighted by atomic mass is 16.2. The van der Waals surface area contributed by atoms with Gasteiger partial charge in [-0.05, 0) is 61.0 Å². The first-order chi connectivity index (χ1) is 10.3. The first-order valence-electron chi connectivity index (χ1n) is 8.43. The number of carbonyl (C=O) groups excluding carboxylic acids is 1. The molecule has 0 aromatic heterocycles. The normalized spacial score (nSPS) is 41.9. The number of rotatable bonds is 2. The van der Waals surface area contributed by atoms with Crippen LogP contribution in [0.3, 0.4) is 0 Å². The minimum Gasteiger partial charge on any atom is -0.384 e. The van der Waals surface area contributed by atoms with Crippen molar-refractivity contribution in [3.05, 3.63) is 29.8 Å². The third-order valence-corrected chi connectivity index (χ3v) is 6.44. The average molecular weight is 282 g/mol. The molecule has 3 nitrogen and oxygen atoms in total. The van der Waals surface area contributed by atoms with Crippen LogP contribution in [-0.2, 0) is 11.2 Å². The van der Waals surface area contributed by atoms with Gasteiger partial charge in [0.1, 0.15) is 0 Å². The fourth-order valence-corrected chi connectivity index (χ4v) is 5.43. The summed E-state index contributed by atoms with van der Waals surface area (Å²) >= 11 is 0. The lowest BCUT2D eigenvalue weighted by Gasteiger charge is -2.25. The van der Waals surface area contributed by atoms with E-state index >= 15 is 0 Å². The summed E-state index contributed by atoms with van der Waals surface area (Å²) in [4.78, 5) is 12.6. The molecule has 2 N–H and O–H groups in total. The van der Waals surface area contributed by atoms with Gasteiger partial charge in [-0.2, -0.15) is 0 Å². The minimum atomic E-state index is 0.0962. The van der Waals surface area contributed by atoms with E-state index < -0.39 is 0 Å². The highest BCUT2D eigenvalue weighted by molar-refractivity contribution is 5.81. The van der Waals surface area contributed by atoms with Crippen LogP contribution in [0, 0.1) is 29.6 Å². The molecule has 0 radical (unpaired) electrons. The van der Waals surface area contributed by atoms with Gasteiger partial charge in [-0.1, -0.05) is 18.2 Å². The van der Waals surface area contributed by atoms with Gasteiger partial charge in [0.15, 0.2) is 0 Å². The quantitative estimate of drug-likeness (QED) is 0.874. The predicted molar refractivity (Wildman–Crippen MR) is 81.9 cm³/mol. The summed E-state index contributed by atoms with van der Waals surface area (Å²) < 4.78 is 0. The largest absolute Gasteiger partial charge is 0.384 e. The van der Waals surface area contributed by atoms with Crippen molar-refractivity contribution in [3.8, 4) is 0 Å². The van der Waals surface area contributed by atoms with E-state index in [0.29, 0.717) is 6.04 Å². The van der Waals surface area contributed by atoms with Gasteiger partial charge in [-0.15, -0.1) is 0 Å². The number of carbonyl (C=O) groups is 1. The van der Waals surface area contributed by atoms with Crippen LogP contribution in [0.15, 0.2) is 24.3 Å². The second-order valence-electron chi connectivity index (χ2n) is 7.46. The van der Waals surface area contributed by atoms with Gasteiger partial charge < -0.3 is 10.6 Å². The number of benzene rings is 1. The molecular formula is C18H22N2O. The molecule has 1 heterocycles. The standard InChI is InChI=1S/C18H22N2O/c21-18(13-7-10-3-1-2-4-14(10)19-9-13)20-17-15-11-5-6-12(8-11)16(15)17/h1-4,11-13,15-17,19H,5-9H2,(H,20,21). The number of anilines is 1. The zero-order chi connectivity index (χ0) is 14.0. The fourth-order valence-electron chi connectivity index (χ4n) is 5.43. The molecule has 5 atom stereocenters. The lowest BCUT2D eigenvalue weighted by atomic mass is 9.93. The molecule has 1 aromatic carbocycles. The summed E-state index contributed by atoms with van der Waals surface area (Å²) in [6.07, 6.45) is 5.15. The Balaban J connectivity index is 1.25. The van der Waals surface area contributed by atoms with Crippen molar-refractivity contribution >= 4 is 11.6 Å². The summed E-state index contributed by atoms with van der Waals surface area (Å²) in [5.74, 6) is 3.88. The molecule has 3 heteroatoms. The lowest BCUT2D eigenvalue weighted by molar-refractivity contribution is -0.125. The van der Waals surface area contributed by atoms with E-state index in [-0.39, 0.29) is 11.8 Å². The Bertz CT molecular complexity index is 583. The van der Waals surface area contributed by atoms with Gasteiger partial charge in [0, 0.05) is 18.3 Å². The van der Waals surface area contributed by atoms with Gasteiger partial charge in [0.05, 0.1) is 5.92 Å². The Labute approximate surface area is 125 Å². The maximum atomic E-state index is 12.6. The van der Waals surface area contributed by atoms with Crippen molar-refractivity contribution < 1.29 is 4.79 Å². The lowest BCUT2D eigenvalue weighted by Crippen LogP contribution is -2.40. The van der Waals surface area contributed by atoms with E-state index in [1.807, 2.05) is 6.07 Å². The molecule has 3 fully saturated rings. The van der Waals surface area contributed by atoms with E-state index in [2.05, 4.69) is 28.8 Å². The second kappa shape index (κ2) is 4.25. The van der Waals surface area contributed by atoms with Gasteiger partial charge in [-0.25, -0.2) is 0 Å². The molecular weight excluding hydrogens is 260 g/mol. The van der Waals surface area contributed by atoms with Gasteiger partial charge in [0.2, 0.25) is 5.91 Å². The molecule has 5 unspecified atom stereocenters. The summed E-state index contributed by atoms with van der Waals surface area (Å²) in [5.41, 5.74) is 2.47. The van der Waals surface area contributed by atoms with Gasteiger partial charge >= 0.3 is 0 Å². The van der Waals surface area contributed by atoms with Gasteiger partial charge in [0.25, 0.3) is 0 Å². The third-order valence-electron chi connectivity index (χ3n) is 6.44. The molecule has 1 aliphatic heterocycles. The molecule has 3 saturated carbocycles. The number of fused-ring (bicyclic) bond motifs is 6. The van der Waals surface area contributed by atoms with Crippen molar-refractivity contribution in [2.45, 2.75) is 31.7 Å². The Kier molecular flexibility index (Phi) is 2.44. The molecule has 1 amide bonds. The van der Waals surface area contributed by atoms with Crippen LogP contribution in [0.25, 0.3) is 0 Å². The van der Waals surface area contributed by atoms with Crippen LogP contribution in [0.4, 0.5) is 5.69 Å². The molecule has 0 saturated heterocycles. The second-order valence-corrected chi connectivity index (χ2v) is 7.46. The topological polar surface area (TPSA) is 41.1 Å². The van der Waals surface area contributed by atoms with Crippen LogP contribution in [0.1, 0.15) is 24.8 Å². The molecule has 3 aliphatic carbocycles. The van der Waals surface area contributed by atoms with E-state index in [4.69, 9.17) is 0 Å². The zero-order valence-corrected chi connectivity index (χ0v) is 12.2. The monoisotopic (exact) mass is 282 g/mol. The van der Waals surface area contributed by atoms with Crippen LogP contribution in [-0.4, -0.2) is 18.5 Å². The Morgan fingerprint density at radius 2 is 1.90 bits per heavy atom. The maximum absolute atomic E-state index is 12.6. The van der Waals surface area contributed by atoms with E-state index in [0.717, 1.165) is 36.6 Å². The summed E-state index contributed by atoms with van der Waals surface area (Å²) in [6.45, 7) is 0.776. The Morgan fingerprint density at radius 3 is 2.71 bits per heavy atom. The molecule has 110 valence electrons. The summed E-state index contributed by atoms with van der Waals surface area (Å²) in [5, 5.41) is 6.79. The Morgan fingerprint density at radius 1 is 1.14 bits per heavy atom. The number of amides is 1. The van der Waals surface area contributed by atoms with Crippen molar-refractivity contribution in [3.63, 3.8) is 0 Å². The third kappa shape index (κ3) is 1.76. The van der Waals surface area contributed by atoms with Crippen LogP contribution >= 0.6 is 0 Å². The van der Waals surface area contributed by atoms with E-state index in [1.54, 1.807) is 0 Å². The number of para-hydroxylation sites is 1. The molecule has 0 spiro atoms. The zero-order valence-electron chi connectivity index (χ0n) is 12.2. The number of hydrogen-bond acceptors (Lipinski definition) is 2. The van der Waals surface area contributed by atoms with Gasteiger partial charge in [-0.3, -0.25) is 4.79 Å². The number of nitrogens with one attached hydrogen (secondary N) is 2. The maximum Gasteiger partial charge on any atom is 0.225 e. The van der Waals surface area contributed by atoms with Crippen LogP contribution in [0.2, 0.25) is 0 Å². The summed E-state index contributed by atoms with van der Waals surface area (Å²) in [7, 11) is 0. The smallest absolute Gasteiger partial charge is 0.225 e. The van der Waals surface area contributed by atoms with E-state index in [1.165, 1.54) is 30.5 Å². The van der Waals surface area contributed by atoms with Crippen LogP contribution in [0.5, 0.6) is 0 Å². The first-order valence-corrected chi connectivity index (χ1v) is 8.43. The molecule has 2 bridgehead atoms. The first kappa shape index (κ1) is 12.1. The van der Waals surface area contributed by atoms with Crippen molar-refractivity contribution in [1.82, 2.24) is 5.32 Å². The molecule has 5 rings (SSSR count). The van der Waals surface area contributed by atoms with Crippen molar-refractivity contribution in [1.29, 1.82) is 0 Å². The predicted octanol–water partition coefficient (Wildman–Crippen LogP) is 2.43. The highest BCUT2D eigenvalue weighted by Gasteiger charge is 2.65. The van der Waals surface area contributed by atoms with Crippen LogP contribution < -0.4 is 10.6 Å². The molecule has 1 aromatic rings. The minimum absolute atomic E-state index is 0.0962. The Hall–Kier alpha value is -1.51. The average Bonchev–Trinajstić information content (AvgIpc) is 2.91. The number of hydrogen-bond donors (Lipinski definition) is 2. The fraction of sp³-hybridized carbons (Fsp3) is 0.611.